The molecule has 0 radical (unpaired) electrons. The quantitative estimate of drug-likeness (QED) is 0.844. The molecule has 1 saturated carbocycles. The number of carbonyl (C=O) groups excluding carboxylic acids is 1. The van der Waals surface area contributed by atoms with Gasteiger partial charge in [0.05, 0.1) is 13.0 Å². The molecule has 1 aromatic rings. The van der Waals surface area contributed by atoms with Crippen LogP contribution >= 0.6 is 0 Å². The number of methoxy groups -OCH3 is 1. The number of nitrogens with one attached hydrogen (secondary N) is 1. The van der Waals surface area contributed by atoms with Crippen molar-refractivity contribution in [3.05, 3.63) is 29.8 Å². The van der Waals surface area contributed by atoms with Gasteiger partial charge in [-0.15, -0.1) is 0 Å². The summed E-state index contributed by atoms with van der Waals surface area (Å²) in [6, 6.07) is 9.11. The fourth-order valence-corrected chi connectivity index (χ4v) is 2.71. The molecule has 0 spiro atoms. The van der Waals surface area contributed by atoms with E-state index in [1.165, 1.54) is 18.4 Å². The van der Waals surface area contributed by atoms with E-state index in [4.69, 9.17) is 4.74 Å². The van der Waals surface area contributed by atoms with Crippen molar-refractivity contribution in [2.45, 2.75) is 45.1 Å². The number of aryl methyl sites for hydroxylation is 1. The fraction of sp³-hybridized carbons (Fsp3) is 0.562. The Morgan fingerprint density at radius 1 is 1.21 bits per heavy atom. The van der Waals surface area contributed by atoms with E-state index in [2.05, 4.69) is 36.5 Å². The van der Waals surface area contributed by atoms with Gasteiger partial charge < -0.3 is 10.1 Å². The molecule has 0 atom stereocenters. The first-order valence-corrected chi connectivity index (χ1v) is 7.16. The van der Waals surface area contributed by atoms with Gasteiger partial charge in [0.1, 0.15) is 0 Å². The largest absolute Gasteiger partial charge is 0.469 e. The first kappa shape index (κ1) is 13.9. The minimum atomic E-state index is -0.0502. The monoisotopic (exact) mass is 261 g/mol. The van der Waals surface area contributed by atoms with Gasteiger partial charge in [-0.1, -0.05) is 19.1 Å². The first-order chi connectivity index (χ1) is 9.22. The lowest BCUT2D eigenvalue weighted by Crippen LogP contribution is -2.29. The summed E-state index contributed by atoms with van der Waals surface area (Å²) in [7, 11) is 1.47. The van der Waals surface area contributed by atoms with Crippen LogP contribution in [-0.2, 0) is 16.0 Å². The summed E-state index contributed by atoms with van der Waals surface area (Å²) in [6.45, 7) is 2.16. The molecule has 1 aliphatic carbocycles. The number of rotatable bonds is 4. The normalized spacial score (nSPS) is 22.8. The number of hydrogen-bond donors (Lipinski definition) is 1. The van der Waals surface area contributed by atoms with Crippen LogP contribution in [0, 0.1) is 5.92 Å². The maximum Gasteiger partial charge on any atom is 0.308 e. The molecule has 0 saturated heterocycles. The van der Waals surface area contributed by atoms with Crippen LogP contribution in [0.4, 0.5) is 5.69 Å². The van der Waals surface area contributed by atoms with Crippen LogP contribution in [0.1, 0.15) is 38.2 Å². The Morgan fingerprint density at radius 2 is 1.84 bits per heavy atom. The second-order valence-corrected chi connectivity index (χ2v) is 5.27. The zero-order valence-electron chi connectivity index (χ0n) is 11.8. The molecule has 1 aliphatic rings. The Kier molecular flexibility index (Phi) is 4.83. The van der Waals surface area contributed by atoms with E-state index in [0.29, 0.717) is 6.04 Å². The van der Waals surface area contributed by atoms with Crippen molar-refractivity contribution in [2.75, 3.05) is 12.4 Å². The van der Waals surface area contributed by atoms with Gasteiger partial charge >= 0.3 is 5.97 Å². The van der Waals surface area contributed by atoms with E-state index in [0.717, 1.165) is 32.1 Å². The van der Waals surface area contributed by atoms with E-state index < -0.39 is 0 Å². The lowest BCUT2D eigenvalue weighted by molar-refractivity contribution is -0.146. The van der Waals surface area contributed by atoms with Crippen molar-refractivity contribution in [3.8, 4) is 0 Å². The second-order valence-electron chi connectivity index (χ2n) is 5.27. The highest BCUT2D eigenvalue weighted by molar-refractivity contribution is 5.72. The number of anilines is 1. The third kappa shape index (κ3) is 3.72. The molecule has 104 valence electrons. The Balaban J connectivity index is 1.83. The summed E-state index contributed by atoms with van der Waals surface area (Å²) in [6.07, 6.45) is 5.00. The number of esters is 1. The number of benzene rings is 1. The van der Waals surface area contributed by atoms with E-state index in [1.54, 1.807) is 0 Å². The Bertz CT molecular complexity index is 405. The van der Waals surface area contributed by atoms with Gasteiger partial charge in [0.2, 0.25) is 0 Å². The third-order valence-electron chi connectivity index (χ3n) is 3.99. The predicted molar refractivity (Wildman–Crippen MR) is 77.2 cm³/mol. The first-order valence-electron chi connectivity index (χ1n) is 7.16. The molecule has 0 heterocycles. The fourth-order valence-electron chi connectivity index (χ4n) is 2.71. The van der Waals surface area contributed by atoms with E-state index >= 15 is 0 Å². The van der Waals surface area contributed by atoms with Gasteiger partial charge in [-0.25, -0.2) is 0 Å². The van der Waals surface area contributed by atoms with Gasteiger partial charge in [0, 0.05) is 11.7 Å². The molecular weight excluding hydrogens is 238 g/mol. The second kappa shape index (κ2) is 6.60. The maximum atomic E-state index is 11.5. The summed E-state index contributed by atoms with van der Waals surface area (Å²) in [5.74, 6) is 0.0521. The minimum absolute atomic E-state index is 0.0502. The smallest absolute Gasteiger partial charge is 0.308 e. The average molecular weight is 261 g/mol. The van der Waals surface area contributed by atoms with E-state index in [9.17, 15) is 4.79 Å². The van der Waals surface area contributed by atoms with Crippen LogP contribution in [0.15, 0.2) is 24.3 Å². The molecule has 1 N–H and O–H groups in total. The third-order valence-corrected chi connectivity index (χ3v) is 3.99. The van der Waals surface area contributed by atoms with Crippen LogP contribution in [0.3, 0.4) is 0 Å². The van der Waals surface area contributed by atoms with Crippen LogP contribution in [0.5, 0.6) is 0 Å². The standard InChI is InChI=1S/C16H23NO2/c1-3-12-4-8-14(9-5-12)17-15-10-6-13(7-11-15)16(18)19-2/h4-5,8-9,13,15,17H,3,6-7,10-11H2,1-2H3. The van der Waals surface area contributed by atoms with Crippen molar-refractivity contribution in [1.82, 2.24) is 0 Å². The highest BCUT2D eigenvalue weighted by Crippen LogP contribution is 2.27. The Morgan fingerprint density at radius 3 is 2.37 bits per heavy atom. The topological polar surface area (TPSA) is 38.3 Å². The van der Waals surface area contributed by atoms with E-state index in [1.807, 2.05) is 0 Å². The molecule has 3 nitrogen and oxygen atoms in total. The van der Waals surface area contributed by atoms with Crippen molar-refractivity contribution in [1.29, 1.82) is 0 Å². The predicted octanol–water partition coefficient (Wildman–Crippen LogP) is 3.39. The maximum absolute atomic E-state index is 11.5. The van der Waals surface area contributed by atoms with Crippen molar-refractivity contribution in [2.24, 2.45) is 5.92 Å². The highest BCUT2D eigenvalue weighted by atomic mass is 16.5. The van der Waals surface area contributed by atoms with Crippen LogP contribution in [0.2, 0.25) is 0 Å². The van der Waals surface area contributed by atoms with Gasteiger partial charge in [-0.3, -0.25) is 4.79 Å². The van der Waals surface area contributed by atoms with Crippen molar-refractivity contribution in [3.63, 3.8) is 0 Å². The summed E-state index contributed by atoms with van der Waals surface area (Å²) in [4.78, 5) is 11.5. The van der Waals surface area contributed by atoms with Crippen LogP contribution in [0.25, 0.3) is 0 Å². The molecule has 0 amide bonds. The number of hydrogen-bond acceptors (Lipinski definition) is 3. The van der Waals surface area contributed by atoms with Crippen molar-refractivity contribution >= 4 is 11.7 Å². The van der Waals surface area contributed by atoms with Gasteiger partial charge in [0.15, 0.2) is 0 Å². The SMILES string of the molecule is CCc1ccc(NC2CCC(C(=O)OC)CC2)cc1. The van der Waals surface area contributed by atoms with Gasteiger partial charge in [-0.05, 0) is 49.8 Å². The molecule has 1 fully saturated rings. The van der Waals surface area contributed by atoms with E-state index in [-0.39, 0.29) is 11.9 Å². The zero-order valence-corrected chi connectivity index (χ0v) is 11.8. The Labute approximate surface area is 115 Å². The molecule has 19 heavy (non-hydrogen) atoms. The number of ether oxygens (including phenoxy) is 1. The Hall–Kier alpha value is -1.51. The lowest BCUT2D eigenvalue weighted by atomic mass is 9.86. The van der Waals surface area contributed by atoms with Gasteiger partial charge in [0.25, 0.3) is 0 Å². The summed E-state index contributed by atoms with van der Waals surface area (Å²) in [5, 5.41) is 3.56. The molecule has 0 bridgehead atoms. The summed E-state index contributed by atoms with van der Waals surface area (Å²) >= 11 is 0. The molecule has 0 aromatic heterocycles. The lowest BCUT2D eigenvalue weighted by Gasteiger charge is -2.28. The van der Waals surface area contributed by atoms with Crippen molar-refractivity contribution < 1.29 is 9.53 Å². The average Bonchev–Trinajstić information content (AvgIpc) is 2.48. The minimum Gasteiger partial charge on any atom is -0.469 e. The zero-order chi connectivity index (χ0) is 13.7. The number of carbonyl (C=O) groups is 1. The molecule has 0 aliphatic heterocycles. The van der Waals surface area contributed by atoms with Gasteiger partial charge in [-0.2, -0.15) is 0 Å². The highest BCUT2D eigenvalue weighted by Gasteiger charge is 2.26. The molecule has 3 heteroatoms. The molecular formula is C16H23NO2. The molecule has 2 rings (SSSR count). The molecule has 0 unspecified atom stereocenters. The molecule has 1 aromatic carbocycles. The summed E-state index contributed by atoms with van der Waals surface area (Å²) in [5.41, 5.74) is 2.54. The summed E-state index contributed by atoms with van der Waals surface area (Å²) < 4.78 is 4.81. The van der Waals surface area contributed by atoms with Crippen LogP contribution < -0.4 is 5.32 Å². The van der Waals surface area contributed by atoms with Crippen LogP contribution in [-0.4, -0.2) is 19.1 Å².